The molecular formula is C18H27NO2. The van der Waals surface area contributed by atoms with Gasteiger partial charge in [0.05, 0.1) is 0 Å². The first-order valence-corrected chi connectivity index (χ1v) is 7.72. The van der Waals surface area contributed by atoms with Crippen LogP contribution in [0, 0.1) is 10.8 Å². The molecule has 2 rings (SSSR count). The largest absolute Gasteiger partial charge is 0.480 e. The molecule has 1 aliphatic rings. The molecule has 1 N–H and O–H groups in total. The Labute approximate surface area is 128 Å². The van der Waals surface area contributed by atoms with Gasteiger partial charge in [0.1, 0.15) is 6.54 Å². The first kappa shape index (κ1) is 15.9. The number of nitrogens with zero attached hydrogens (tertiary/aromatic N) is 1. The van der Waals surface area contributed by atoms with Crippen molar-refractivity contribution in [3.63, 3.8) is 0 Å². The minimum Gasteiger partial charge on any atom is -0.480 e. The van der Waals surface area contributed by atoms with Crippen molar-refractivity contribution >= 4 is 11.7 Å². The van der Waals surface area contributed by atoms with E-state index in [2.05, 4.69) is 32.6 Å². The molecule has 21 heavy (non-hydrogen) atoms. The number of hydrogen-bond acceptors (Lipinski definition) is 2. The van der Waals surface area contributed by atoms with Gasteiger partial charge in [0.15, 0.2) is 0 Å². The second-order valence-corrected chi connectivity index (χ2v) is 7.92. The van der Waals surface area contributed by atoms with E-state index >= 15 is 0 Å². The van der Waals surface area contributed by atoms with E-state index in [0.29, 0.717) is 0 Å². The zero-order valence-corrected chi connectivity index (χ0v) is 13.6. The van der Waals surface area contributed by atoms with Crippen molar-refractivity contribution in [3.05, 3.63) is 30.3 Å². The molecule has 1 aliphatic carbocycles. The van der Waals surface area contributed by atoms with Crippen LogP contribution in [0.4, 0.5) is 5.69 Å². The second-order valence-electron chi connectivity index (χ2n) is 7.92. The lowest BCUT2D eigenvalue weighted by Gasteiger charge is -2.48. The SMILES string of the molecule is CC1(C)CC(N(CC(=O)O)c2ccccc2)CC(C)(C)C1. The predicted octanol–water partition coefficient (Wildman–Crippen LogP) is 4.18. The van der Waals surface area contributed by atoms with Gasteiger partial charge in [-0.25, -0.2) is 0 Å². The fourth-order valence-electron chi connectivity index (χ4n) is 4.20. The molecule has 0 unspecified atom stereocenters. The Kier molecular flexibility index (Phi) is 4.31. The maximum atomic E-state index is 11.3. The molecule has 1 aromatic carbocycles. The molecule has 0 radical (unpaired) electrons. The van der Waals surface area contributed by atoms with Crippen molar-refractivity contribution in [2.45, 2.75) is 53.0 Å². The number of aliphatic carboxylic acids is 1. The summed E-state index contributed by atoms with van der Waals surface area (Å²) in [5.41, 5.74) is 1.51. The summed E-state index contributed by atoms with van der Waals surface area (Å²) in [6.45, 7) is 9.26. The normalized spacial score (nSPS) is 21.0. The van der Waals surface area contributed by atoms with Crippen LogP contribution in [0.5, 0.6) is 0 Å². The van der Waals surface area contributed by atoms with E-state index in [-0.39, 0.29) is 23.4 Å². The van der Waals surface area contributed by atoms with Crippen LogP contribution in [0.25, 0.3) is 0 Å². The van der Waals surface area contributed by atoms with Gasteiger partial charge < -0.3 is 10.0 Å². The van der Waals surface area contributed by atoms with Gasteiger partial charge in [0.2, 0.25) is 0 Å². The highest BCUT2D eigenvalue weighted by molar-refractivity contribution is 5.74. The molecule has 0 heterocycles. The molecule has 0 spiro atoms. The molecule has 1 aromatic rings. The van der Waals surface area contributed by atoms with Crippen molar-refractivity contribution in [2.75, 3.05) is 11.4 Å². The molecule has 0 aliphatic heterocycles. The summed E-state index contributed by atoms with van der Waals surface area (Å²) >= 11 is 0. The van der Waals surface area contributed by atoms with Crippen molar-refractivity contribution in [3.8, 4) is 0 Å². The number of hydrogen-bond donors (Lipinski definition) is 1. The molecule has 0 amide bonds. The molecule has 1 saturated carbocycles. The molecule has 3 heteroatoms. The van der Waals surface area contributed by atoms with Crippen molar-refractivity contribution in [1.82, 2.24) is 0 Å². The monoisotopic (exact) mass is 289 g/mol. The van der Waals surface area contributed by atoms with Crippen molar-refractivity contribution < 1.29 is 9.90 Å². The molecule has 3 nitrogen and oxygen atoms in total. The van der Waals surface area contributed by atoms with Gasteiger partial charge in [-0.2, -0.15) is 0 Å². The quantitative estimate of drug-likeness (QED) is 0.904. The molecular weight excluding hydrogens is 262 g/mol. The van der Waals surface area contributed by atoms with Crippen LogP contribution in [0.15, 0.2) is 30.3 Å². The van der Waals surface area contributed by atoms with E-state index in [4.69, 9.17) is 0 Å². The smallest absolute Gasteiger partial charge is 0.323 e. The van der Waals surface area contributed by atoms with Gasteiger partial charge in [-0.15, -0.1) is 0 Å². The third-order valence-corrected chi connectivity index (χ3v) is 4.37. The van der Waals surface area contributed by atoms with Crippen LogP contribution in [0.3, 0.4) is 0 Å². The predicted molar refractivity (Wildman–Crippen MR) is 86.6 cm³/mol. The Morgan fingerprint density at radius 3 is 2.14 bits per heavy atom. The van der Waals surface area contributed by atoms with E-state index in [1.807, 2.05) is 30.3 Å². The summed E-state index contributed by atoms with van der Waals surface area (Å²) < 4.78 is 0. The lowest BCUT2D eigenvalue weighted by molar-refractivity contribution is -0.135. The van der Waals surface area contributed by atoms with E-state index in [1.54, 1.807) is 0 Å². The highest BCUT2D eigenvalue weighted by Gasteiger charge is 2.41. The van der Waals surface area contributed by atoms with Crippen LogP contribution in [0.2, 0.25) is 0 Å². The van der Waals surface area contributed by atoms with Crippen LogP contribution in [0.1, 0.15) is 47.0 Å². The number of rotatable bonds is 4. The molecule has 0 atom stereocenters. The average Bonchev–Trinajstić information content (AvgIpc) is 2.33. The van der Waals surface area contributed by atoms with Crippen LogP contribution in [-0.2, 0) is 4.79 Å². The number of carbonyl (C=O) groups is 1. The Bertz CT molecular complexity index is 477. The Balaban J connectivity index is 2.30. The van der Waals surface area contributed by atoms with Crippen molar-refractivity contribution in [2.24, 2.45) is 10.8 Å². The lowest BCUT2D eigenvalue weighted by Crippen LogP contribution is -2.48. The van der Waals surface area contributed by atoms with E-state index < -0.39 is 5.97 Å². The van der Waals surface area contributed by atoms with Gasteiger partial charge in [-0.1, -0.05) is 45.9 Å². The zero-order chi connectivity index (χ0) is 15.7. The average molecular weight is 289 g/mol. The van der Waals surface area contributed by atoms with Gasteiger partial charge >= 0.3 is 5.97 Å². The molecule has 0 bridgehead atoms. The molecule has 1 fully saturated rings. The zero-order valence-electron chi connectivity index (χ0n) is 13.6. The molecule has 0 saturated heterocycles. The van der Waals surface area contributed by atoms with Crippen LogP contribution >= 0.6 is 0 Å². The minimum absolute atomic E-state index is 0.0703. The number of carboxylic acids is 1. The first-order chi connectivity index (χ1) is 9.69. The van der Waals surface area contributed by atoms with Crippen LogP contribution in [-0.4, -0.2) is 23.7 Å². The van der Waals surface area contributed by atoms with E-state index in [1.165, 1.54) is 6.42 Å². The number of para-hydroxylation sites is 1. The van der Waals surface area contributed by atoms with Gasteiger partial charge in [-0.05, 0) is 42.2 Å². The third kappa shape index (κ3) is 4.23. The Morgan fingerprint density at radius 2 is 1.67 bits per heavy atom. The second kappa shape index (κ2) is 5.70. The van der Waals surface area contributed by atoms with E-state index in [9.17, 15) is 9.90 Å². The summed E-state index contributed by atoms with van der Waals surface area (Å²) in [5.74, 6) is -0.764. The van der Waals surface area contributed by atoms with E-state index in [0.717, 1.165) is 18.5 Å². The van der Waals surface area contributed by atoms with Gasteiger partial charge in [-0.3, -0.25) is 4.79 Å². The summed E-state index contributed by atoms with van der Waals surface area (Å²) in [6.07, 6.45) is 3.27. The lowest BCUT2D eigenvalue weighted by atomic mass is 9.63. The standard InChI is InChI=1S/C18H27NO2/c1-17(2)10-15(11-18(3,4)13-17)19(12-16(20)21)14-8-6-5-7-9-14/h5-9,15H,10-13H2,1-4H3,(H,20,21). The van der Waals surface area contributed by atoms with Crippen molar-refractivity contribution in [1.29, 1.82) is 0 Å². The first-order valence-electron chi connectivity index (χ1n) is 7.72. The maximum Gasteiger partial charge on any atom is 0.323 e. The molecule has 116 valence electrons. The highest BCUT2D eigenvalue weighted by Crippen LogP contribution is 2.47. The summed E-state index contributed by atoms with van der Waals surface area (Å²) in [7, 11) is 0. The Hall–Kier alpha value is -1.51. The third-order valence-electron chi connectivity index (χ3n) is 4.37. The van der Waals surface area contributed by atoms with Gasteiger partial charge in [0, 0.05) is 11.7 Å². The highest BCUT2D eigenvalue weighted by atomic mass is 16.4. The number of anilines is 1. The fourth-order valence-corrected chi connectivity index (χ4v) is 4.20. The number of benzene rings is 1. The molecule has 0 aromatic heterocycles. The summed E-state index contributed by atoms with van der Waals surface area (Å²) in [5, 5.41) is 9.29. The topological polar surface area (TPSA) is 40.5 Å². The summed E-state index contributed by atoms with van der Waals surface area (Å²) in [6, 6.07) is 10.2. The summed E-state index contributed by atoms with van der Waals surface area (Å²) in [4.78, 5) is 13.4. The maximum absolute atomic E-state index is 11.3. The fraction of sp³-hybridized carbons (Fsp3) is 0.611. The minimum atomic E-state index is -0.764. The van der Waals surface area contributed by atoms with Crippen LogP contribution < -0.4 is 4.90 Å². The van der Waals surface area contributed by atoms with Gasteiger partial charge in [0.25, 0.3) is 0 Å². The Morgan fingerprint density at radius 1 is 1.14 bits per heavy atom. The number of carboxylic acid groups (broad SMARTS) is 1.